The Balaban J connectivity index is 2.48. The standard InChI is InChI=1S/C23H16BrF4N3O4/c1-34-21(32)16-15(11-6-4-3-5-7-11)12(10-29)20(30)31(19(16)22(33)35-2)14-9-8-13(25)17(18(14)24)23(26,27)28/h3-9,15H,30H2,1-2H3. The molecule has 1 unspecified atom stereocenters. The van der Waals surface area contributed by atoms with Crippen LogP contribution in [0, 0.1) is 17.1 Å². The van der Waals surface area contributed by atoms with Gasteiger partial charge < -0.3 is 15.2 Å². The van der Waals surface area contributed by atoms with E-state index in [1.54, 1.807) is 30.3 Å². The number of carbonyl (C=O) groups is 2. The van der Waals surface area contributed by atoms with Crippen LogP contribution < -0.4 is 10.6 Å². The van der Waals surface area contributed by atoms with Gasteiger partial charge in [0.25, 0.3) is 0 Å². The number of halogens is 5. The number of rotatable bonds is 4. The van der Waals surface area contributed by atoms with E-state index >= 15 is 0 Å². The Morgan fingerprint density at radius 3 is 2.20 bits per heavy atom. The molecular weight excluding hydrogens is 538 g/mol. The van der Waals surface area contributed by atoms with Crippen molar-refractivity contribution in [1.82, 2.24) is 0 Å². The first-order valence-corrected chi connectivity index (χ1v) is 10.5. The fourth-order valence-corrected chi connectivity index (χ4v) is 4.46. The number of allylic oxidation sites excluding steroid dienone is 1. The van der Waals surface area contributed by atoms with Crippen LogP contribution in [0.15, 0.2) is 69.6 Å². The average molecular weight is 554 g/mol. The lowest BCUT2D eigenvalue weighted by molar-refractivity contribution is -0.140. The molecule has 0 aromatic heterocycles. The van der Waals surface area contributed by atoms with E-state index in [0.717, 1.165) is 25.2 Å². The van der Waals surface area contributed by atoms with Gasteiger partial charge in [0.1, 0.15) is 22.9 Å². The second-order valence-electron chi connectivity index (χ2n) is 7.09. The molecule has 1 atom stereocenters. The van der Waals surface area contributed by atoms with Gasteiger partial charge >= 0.3 is 18.1 Å². The Kier molecular flexibility index (Phi) is 7.21. The minimum absolute atomic E-state index is 0.256. The van der Waals surface area contributed by atoms with Crippen LogP contribution in [-0.4, -0.2) is 26.2 Å². The molecule has 0 bridgehead atoms. The summed E-state index contributed by atoms with van der Waals surface area (Å²) in [6, 6.07) is 11.4. The second kappa shape index (κ2) is 9.79. The molecule has 0 aliphatic carbocycles. The zero-order valence-electron chi connectivity index (χ0n) is 18.1. The number of benzene rings is 2. The summed E-state index contributed by atoms with van der Waals surface area (Å²) in [6.07, 6.45) is -5.13. The van der Waals surface area contributed by atoms with Gasteiger partial charge in [0.05, 0.1) is 47.5 Å². The fraction of sp³-hybridized carbons (Fsp3) is 0.174. The predicted molar refractivity (Wildman–Crippen MR) is 119 cm³/mol. The van der Waals surface area contributed by atoms with Gasteiger partial charge in [-0.25, -0.2) is 14.0 Å². The number of nitrogens with two attached hydrogens (primary N) is 1. The molecule has 3 rings (SSSR count). The second-order valence-corrected chi connectivity index (χ2v) is 7.88. The predicted octanol–water partition coefficient (Wildman–Crippen LogP) is 4.50. The summed E-state index contributed by atoms with van der Waals surface area (Å²) < 4.78 is 63.8. The number of nitriles is 1. The van der Waals surface area contributed by atoms with E-state index in [-0.39, 0.29) is 5.57 Å². The largest absolute Gasteiger partial charge is 0.466 e. The first-order chi connectivity index (χ1) is 16.5. The van der Waals surface area contributed by atoms with Gasteiger partial charge in [-0.05, 0) is 33.6 Å². The summed E-state index contributed by atoms with van der Waals surface area (Å²) in [6.45, 7) is 0. The van der Waals surface area contributed by atoms with Crippen LogP contribution in [0.25, 0.3) is 0 Å². The molecule has 0 spiro atoms. The summed E-state index contributed by atoms with van der Waals surface area (Å²) in [5.74, 6) is -5.47. The summed E-state index contributed by atoms with van der Waals surface area (Å²) in [5, 5.41) is 9.95. The normalized spacial score (nSPS) is 16.2. The highest BCUT2D eigenvalue weighted by molar-refractivity contribution is 9.10. The van der Waals surface area contributed by atoms with E-state index in [1.807, 2.05) is 6.07 Å². The Morgan fingerprint density at radius 1 is 1.09 bits per heavy atom. The van der Waals surface area contributed by atoms with E-state index in [9.17, 15) is 32.4 Å². The Morgan fingerprint density at radius 2 is 1.69 bits per heavy atom. The van der Waals surface area contributed by atoms with Gasteiger partial charge in [0, 0.05) is 0 Å². The maximum absolute atomic E-state index is 14.2. The van der Waals surface area contributed by atoms with Crippen LogP contribution in [0.3, 0.4) is 0 Å². The summed E-state index contributed by atoms with van der Waals surface area (Å²) in [7, 11) is 2.01. The molecule has 35 heavy (non-hydrogen) atoms. The van der Waals surface area contributed by atoms with Crippen LogP contribution in [-0.2, 0) is 25.2 Å². The molecule has 0 radical (unpaired) electrons. The van der Waals surface area contributed by atoms with Crippen molar-refractivity contribution in [2.24, 2.45) is 5.73 Å². The van der Waals surface area contributed by atoms with Crippen LogP contribution in [0.5, 0.6) is 0 Å². The fourth-order valence-electron chi connectivity index (χ4n) is 3.74. The highest BCUT2D eigenvalue weighted by Crippen LogP contribution is 2.47. The quantitative estimate of drug-likeness (QED) is 0.438. The monoisotopic (exact) mass is 553 g/mol. The molecule has 1 aliphatic heterocycles. The first-order valence-electron chi connectivity index (χ1n) is 9.70. The highest BCUT2D eigenvalue weighted by atomic mass is 79.9. The van der Waals surface area contributed by atoms with Crippen molar-refractivity contribution in [3.8, 4) is 6.07 Å². The molecule has 2 aromatic rings. The van der Waals surface area contributed by atoms with Crippen LogP contribution in [0.4, 0.5) is 23.2 Å². The SMILES string of the molecule is COC(=O)C1=C(C(=O)OC)N(c2ccc(F)c(C(F)(F)F)c2Br)C(N)=C(C#N)C1c1ccccc1. The molecule has 0 amide bonds. The van der Waals surface area contributed by atoms with E-state index in [0.29, 0.717) is 11.6 Å². The number of hydrogen-bond acceptors (Lipinski definition) is 7. The Labute approximate surface area is 205 Å². The summed E-state index contributed by atoms with van der Waals surface area (Å²) in [4.78, 5) is 26.7. The third kappa shape index (κ3) is 4.46. The molecule has 12 heteroatoms. The van der Waals surface area contributed by atoms with Gasteiger partial charge in [-0.3, -0.25) is 4.90 Å². The third-order valence-corrected chi connectivity index (χ3v) is 6.01. The Hall–Kier alpha value is -3.85. The molecule has 0 saturated carbocycles. The van der Waals surface area contributed by atoms with Crippen molar-refractivity contribution in [2.45, 2.75) is 12.1 Å². The van der Waals surface area contributed by atoms with Crippen molar-refractivity contribution in [1.29, 1.82) is 5.26 Å². The van der Waals surface area contributed by atoms with Gasteiger partial charge in [-0.15, -0.1) is 0 Å². The number of hydrogen-bond donors (Lipinski definition) is 1. The molecular formula is C23H16BrF4N3O4. The highest BCUT2D eigenvalue weighted by Gasteiger charge is 2.45. The molecule has 0 fully saturated rings. The average Bonchev–Trinajstić information content (AvgIpc) is 2.82. The van der Waals surface area contributed by atoms with Crippen LogP contribution in [0.2, 0.25) is 0 Å². The smallest absolute Gasteiger partial charge is 0.420 e. The van der Waals surface area contributed by atoms with Crippen molar-refractivity contribution < 1.29 is 36.6 Å². The zero-order chi connectivity index (χ0) is 26.1. The number of esters is 2. The van der Waals surface area contributed by atoms with Gasteiger partial charge in [-0.1, -0.05) is 30.3 Å². The van der Waals surface area contributed by atoms with Crippen molar-refractivity contribution in [3.63, 3.8) is 0 Å². The lowest BCUT2D eigenvalue weighted by atomic mass is 9.81. The molecule has 182 valence electrons. The summed E-state index contributed by atoms with van der Waals surface area (Å²) >= 11 is 2.75. The number of methoxy groups -OCH3 is 2. The molecule has 2 N–H and O–H groups in total. The number of alkyl halides is 3. The van der Waals surface area contributed by atoms with Gasteiger partial charge in [-0.2, -0.15) is 18.4 Å². The van der Waals surface area contributed by atoms with Crippen LogP contribution >= 0.6 is 15.9 Å². The Bertz CT molecular complexity index is 1300. The van der Waals surface area contributed by atoms with Crippen molar-refractivity contribution in [3.05, 3.63) is 86.5 Å². The minimum atomic E-state index is -5.13. The zero-order valence-corrected chi connectivity index (χ0v) is 19.7. The number of anilines is 1. The molecule has 0 saturated heterocycles. The molecule has 7 nitrogen and oxygen atoms in total. The number of carbonyl (C=O) groups excluding carboxylic acids is 2. The van der Waals surface area contributed by atoms with E-state index in [4.69, 9.17) is 15.2 Å². The van der Waals surface area contributed by atoms with E-state index in [2.05, 4.69) is 15.9 Å². The lowest BCUT2D eigenvalue weighted by Gasteiger charge is -2.36. The number of ether oxygens (including phenoxy) is 2. The van der Waals surface area contributed by atoms with E-state index < -0.39 is 62.7 Å². The molecule has 2 aromatic carbocycles. The lowest BCUT2D eigenvalue weighted by Crippen LogP contribution is -2.41. The van der Waals surface area contributed by atoms with Gasteiger partial charge in [0.15, 0.2) is 0 Å². The first kappa shape index (κ1) is 25.8. The topological polar surface area (TPSA) is 106 Å². The number of nitrogens with zero attached hydrogens (tertiary/aromatic N) is 2. The maximum atomic E-state index is 14.2. The summed E-state index contributed by atoms with van der Waals surface area (Å²) in [5.41, 5.74) is 3.24. The van der Waals surface area contributed by atoms with Gasteiger partial charge in [0.2, 0.25) is 0 Å². The van der Waals surface area contributed by atoms with Crippen molar-refractivity contribution >= 4 is 33.6 Å². The third-order valence-electron chi connectivity index (χ3n) is 5.21. The molecule has 1 heterocycles. The minimum Gasteiger partial charge on any atom is -0.466 e. The molecule has 1 aliphatic rings. The van der Waals surface area contributed by atoms with Crippen molar-refractivity contribution in [2.75, 3.05) is 19.1 Å². The van der Waals surface area contributed by atoms with E-state index in [1.165, 1.54) is 0 Å². The maximum Gasteiger partial charge on any atom is 0.420 e. The van der Waals surface area contributed by atoms with Crippen LogP contribution in [0.1, 0.15) is 17.0 Å².